The van der Waals surface area contributed by atoms with Crippen LogP contribution in [0.15, 0.2) is 48.5 Å². The van der Waals surface area contributed by atoms with E-state index >= 15 is 0 Å². The monoisotopic (exact) mass is 327 g/mol. The van der Waals surface area contributed by atoms with Crippen molar-refractivity contribution in [3.63, 3.8) is 0 Å². The fraction of sp³-hybridized carbons (Fsp3) is 0.400. The Morgan fingerprint density at radius 2 is 1.67 bits per heavy atom. The molecule has 0 aliphatic carbocycles. The molecule has 3 rings (SSSR count). The lowest BCUT2D eigenvalue weighted by atomic mass is 9.87. The molecule has 4 nitrogen and oxygen atoms in total. The van der Waals surface area contributed by atoms with Crippen LogP contribution in [0.3, 0.4) is 0 Å². The molecule has 1 heterocycles. The van der Waals surface area contributed by atoms with E-state index in [9.17, 15) is 15.3 Å². The summed E-state index contributed by atoms with van der Waals surface area (Å²) >= 11 is 0. The van der Waals surface area contributed by atoms with Crippen LogP contribution in [-0.4, -0.2) is 39.9 Å². The predicted molar refractivity (Wildman–Crippen MR) is 94.0 cm³/mol. The van der Waals surface area contributed by atoms with Gasteiger partial charge < -0.3 is 20.2 Å². The summed E-state index contributed by atoms with van der Waals surface area (Å²) in [6.07, 6.45) is 2.35. The van der Waals surface area contributed by atoms with Gasteiger partial charge in [-0.05, 0) is 61.5 Å². The molecule has 0 radical (unpaired) electrons. The Morgan fingerprint density at radius 3 is 2.33 bits per heavy atom. The van der Waals surface area contributed by atoms with Crippen LogP contribution in [0.1, 0.15) is 30.1 Å². The number of aliphatic hydroxyl groups is 1. The third-order valence-corrected chi connectivity index (χ3v) is 4.98. The van der Waals surface area contributed by atoms with Crippen LogP contribution < -0.4 is 0 Å². The summed E-state index contributed by atoms with van der Waals surface area (Å²) in [4.78, 5) is 2.45. The van der Waals surface area contributed by atoms with Crippen LogP contribution >= 0.6 is 0 Å². The average molecular weight is 327 g/mol. The van der Waals surface area contributed by atoms with E-state index in [0.29, 0.717) is 5.56 Å². The molecule has 0 spiro atoms. The van der Waals surface area contributed by atoms with E-state index in [1.54, 1.807) is 6.07 Å². The van der Waals surface area contributed by atoms with Crippen LogP contribution in [-0.2, 0) is 6.42 Å². The Kier molecular flexibility index (Phi) is 5.38. The van der Waals surface area contributed by atoms with Gasteiger partial charge in [0.1, 0.15) is 0 Å². The molecule has 24 heavy (non-hydrogen) atoms. The van der Waals surface area contributed by atoms with Crippen molar-refractivity contribution < 1.29 is 15.3 Å². The molecule has 0 bridgehead atoms. The molecule has 1 aliphatic heterocycles. The summed E-state index contributed by atoms with van der Waals surface area (Å²) < 4.78 is 0. The topological polar surface area (TPSA) is 63.9 Å². The van der Waals surface area contributed by atoms with Crippen LogP contribution in [0.5, 0.6) is 11.5 Å². The first-order valence-corrected chi connectivity index (χ1v) is 8.59. The predicted octanol–water partition coefficient (Wildman–Crippen LogP) is 3.09. The SMILES string of the molecule is Oc1ccc(C(O)C2CCN(CCc3ccccc3)CC2)cc1O. The second-order valence-electron chi connectivity index (χ2n) is 6.61. The van der Waals surface area contributed by atoms with E-state index in [1.165, 1.54) is 17.7 Å². The largest absolute Gasteiger partial charge is 0.504 e. The molecule has 0 amide bonds. The first-order valence-electron chi connectivity index (χ1n) is 8.59. The molecule has 0 saturated carbocycles. The number of aromatic hydroxyl groups is 2. The molecular formula is C20H25NO3. The van der Waals surface area contributed by atoms with Crippen molar-refractivity contribution in [2.75, 3.05) is 19.6 Å². The molecule has 1 unspecified atom stereocenters. The number of aliphatic hydroxyl groups excluding tert-OH is 1. The Hall–Kier alpha value is -2.04. The first-order chi connectivity index (χ1) is 11.6. The zero-order valence-corrected chi connectivity index (χ0v) is 13.8. The Morgan fingerprint density at radius 1 is 0.958 bits per heavy atom. The lowest BCUT2D eigenvalue weighted by molar-refractivity contribution is 0.0590. The van der Waals surface area contributed by atoms with E-state index in [1.807, 2.05) is 6.07 Å². The fourth-order valence-corrected chi connectivity index (χ4v) is 3.42. The minimum atomic E-state index is -0.590. The zero-order chi connectivity index (χ0) is 16.9. The molecule has 1 atom stereocenters. The lowest BCUT2D eigenvalue weighted by Crippen LogP contribution is -2.36. The van der Waals surface area contributed by atoms with Crippen LogP contribution in [0, 0.1) is 5.92 Å². The van der Waals surface area contributed by atoms with Crippen molar-refractivity contribution in [3.05, 3.63) is 59.7 Å². The van der Waals surface area contributed by atoms with Crippen molar-refractivity contribution in [2.45, 2.75) is 25.4 Å². The molecule has 1 fully saturated rings. The standard InChI is InChI=1S/C20H25NO3/c22-18-7-6-17(14-19(18)23)20(24)16-9-12-21(13-10-16)11-8-15-4-2-1-3-5-15/h1-7,14,16,20,22-24H,8-13H2. The summed E-state index contributed by atoms with van der Waals surface area (Å²) in [6.45, 7) is 3.02. The third kappa shape index (κ3) is 4.08. The molecular weight excluding hydrogens is 302 g/mol. The molecule has 1 saturated heterocycles. The Labute approximate surface area is 143 Å². The maximum absolute atomic E-state index is 10.5. The first kappa shape index (κ1) is 16.8. The maximum Gasteiger partial charge on any atom is 0.157 e. The minimum Gasteiger partial charge on any atom is -0.504 e. The number of likely N-dealkylation sites (tertiary alicyclic amines) is 1. The van der Waals surface area contributed by atoms with Crippen molar-refractivity contribution in [2.24, 2.45) is 5.92 Å². The van der Waals surface area contributed by atoms with Gasteiger partial charge in [0.25, 0.3) is 0 Å². The van der Waals surface area contributed by atoms with Crippen molar-refractivity contribution in [1.29, 1.82) is 0 Å². The number of piperidine rings is 1. The highest BCUT2D eigenvalue weighted by atomic mass is 16.3. The van der Waals surface area contributed by atoms with Gasteiger partial charge in [0.15, 0.2) is 11.5 Å². The molecule has 1 aliphatic rings. The molecule has 3 N–H and O–H groups in total. The highest BCUT2D eigenvalue weighted by Crippen LogP contribution is 2.34. The third-order valence-electron chi connectivity index (χ3n) is 4.98. The molecule has 0 aromatic heterocycles. The molecule has 128 valence electrons. The molecule has 2 aromatic carbocycles. The summed E-state index contributed by atoms with van der Waals surface area (Å²) in [6, 6.07) is 15.1. The smallest absolute Gasteiger partial charge is 0.157 e. The Bertz CT molecular complexity index is 651. The second-order valence-corrected chi connectivity index (χ2v) is 6.61. The molecule has 2 aromatic rings. The second kappa shape index (κ2) is 7.69. The van der Waals surface area contributed by atoms with Gasteiger partial charge in [-0.2, -0.15) is 0 Å². The average Bonchev–Trinajstić information content (AvgIpc) is 2.63. The maximum atomic E-state index is 10.5. The summed E-state index contributed by atoms with van der Waals surface area (Å²) in [5, 5.41) is 29.5. The minimum absolute atomic E-state index is 0.151. The van der Waals surface area contributed by atoms with Gasteiger partial charge in [-0.25, -0.2) is 0 Å². The summed E-state index contributed by atoms with van der Waals surface area (Å²) in [7, 11) is 0. The van der Waals surface area contributed by atoms with E-state index < -0.39 is 6.10 Å². The van der Waals surface area contributed by atoms with Crippen LogP contribution in [0.2, 0.25) is 0 Å². The van der Waals surface area contributed by atoms with Gasteiger partial charge in [0.05, 0.1) is 6.10 Å². The number of rotatable bonds is 5. The van der Waals surface area contributed by atoms with E-state index in [4.69, 9.17) is 0 Å². The van der Waals surface area contributed by atoms with Gasteiger partial charge in [-0.1, -0.05) is 36.4 Å². The van der Waals surface area contributed by atoms with Crippen molar-refractivity contribution in [1.82, 2.24) is 4.90 Å². The highest BCUT2D eigenvalue weighted by Gasteiger charge is 2.26. The number of benzene rings is 2. The lowest BCUT2D eigenvalue weighted by Gasteiger charge is -2.34. The number of hydrogen-bond donors (Lipinski definition) is 3. The molecule has 4 heteroatoms. The van der Waals surface area contributed by atoms with Gasteiger partial charge >= 0.3 is 0 Å². The van der Waals surface area contributed by atoms with Crippen molar-refractivity contribution in [3.8, 4) is 11.5 Å². The van der Waals surface area contributed by atoms with Gasteiger partial charge in [0, 0.05) is 6.54 Å². The summed E-state index contributed by atoms with van der Waals surface area (Å²) in [5.74, 6) is -0.129. The van der Waals surface area contributed by atoms with Crippen molar-refractivity contribution >= 4 is 0 Å². The normalized spacial score (nSPS) is 17.7. The fourth-order valence-electron chi connectivity index (χ4n) is 3.42. The highest BCUT2D eigenvalue weighted by molar-refractivity contribution is 5.41. The zero-order valence-electron chi connectivity index (χ0n) is 13.8. The van der Waals surface area contributed by atoms with E-state index in [-0.39, 0.29) is 17.4 Å². The number of nitrogens with zero attached hydrogens (tertiary/aromatic N) is 1. The number of hydrogen-bond acceptors (Lipinski definition) is 4. The van der Waals surface area contributed by atoms with E-state index in [2.05, 4.69) is 29.2 Å². The van der Waals surface area contributed by atoms with Gasteiger partial charge in [0.2, 0.25) is 0 Å². The Balaban J connectivity index is 1.50. The van der Waals surface area contributed by atoms with Crippen LogP contribution in [0.4, 0.5) is 0 Å². The van der Waals surface area contributed by atoms with Crippen LogP contribution in [0.25, 0.3) is 0 Å². The van der Waals surface area contributed by atoms with Gasteiger partial charge in [-0.3, -0.25) is 0 Å². The number of phenols is 2. The quantitative estimate of drug-likeness (QED) is 0.739. The summed E-state index contributed by atoms with van der Waals surface area (Å²) in [5.41, 5.74) is 2.03. The van der Waals surface area contributed by atoms with E-state index in [0.717, 1.165) is 38.9 Å². The van der Waals surface area contributed by atoms with Gasteiger partial charge in [-0.15, -0.1) is 0 Å². The number of phenolic OH excluding ortho intramolecular Hbond substituents is 2.